The minimum Gasteiger partial charge on any atom is -0.462 e. The molecule has 26 heavy (non-hydrogen) atoms. The Balaban J connectivity index is 1.70. The summed E-state index contributed by atoms with van der Waals surface area (Å²) in [6, 6.07) is 15.1. The van der Waals surface area contributed by atoms with Gasteiger partial charge in [0, 0.05) is 11.1 Å². The van der Waals surface area contributed by atoms with E-state index in [1.54, 1.807) is 36.4 Å². The Bertz CT molecular complexity index is 729. The van der Waals surface area contributed by atoms with Gasteiger partial charge in [0.05, 0.1) is 6.61 Å². The van der Waals surface area contributed by atoms with Gasteiger partial charge in [-0.2, -0.15) is 0 Å². The highest BCUT2D eigenvalue weighted by atomic mass is 16.7. The summed E-state index contributed by atoms with van der Waals surface area (Å²) >= 11 is 0. The molecule has 1 fully saturated rings. The molecule has 7 nitrogen and oxygen atoms in total. The summed E-state index contributed by atoms with van der Waals surface area (Å²) < 4.78 is 10.8. The molecule has 0 aromatic heterocycles. The maximum atomic E-state index is 12.4. The molecule has 0 radical (unpaired) electrons. The van der Waals surface area contributed by atoms with Gasteiger partial charge in [0.2, 0.25) is 6.29 Å². The molecule has 0 amide bonds. The highest BCUT2D eigenvalue weighted by Gasteiger charge is 2.44. The molecule has 0 saturated carbocycles. The van der Waals surface area contributed by atoms with Gasteiger partial charge in [-0.25, -0.2) is 0 Å². The Labute approximate surface area is 150 Å². The number of carbonyl (C=O) groups excluding carboxylic acids is 1. The Morgan fingerprint density at radius 2 is 1.50 bits per heavy atom. The summed E-state index contributed by atoms with van der Waals surface area (Å²) in [4.78, 5) is 12.4. The number of hydrogen-bond acceptors (Lipinski definition) is 7. The Morgan fingerprint density at radius 3 is 2.12 bits per heavy atom. The van der Waals surface area contributed by atoms with Gasteiger partial charge in [-0.3, -0.25) is 4.79 Å². The van der Waals surface area contributed by atoms with Crippen LogP contribution in [0.25, 0.3) is 0 Å². The first-order chi connectivity index (χ1) is 12.5. The van der Waals surface area contributed by atoms with Crippen molar-refractivity contribution in [2.75, 3.05) is 6.61 Å². The molecule has 1 aliphatic heterocycles. The van der Waals surface area contributed by atoms with E-state index in [1.165, 1.54) is 12.1 Å². The first-order valence-corrected chi connectivity index (χ1v) is 8.18. The van der Waals surface area contributed by atoms with Crippen molar-refractivity contribution < 1.29 is 34.7 Å². The third-order valence-electron chi connectivity index (χ3n) is 4.25. The Hall–Kier alpha value is -2.29. The van der Waals surface area contributed by atoms with E-state index in [0.717, 1.165) is 0 Å². The molecule has 4 N–H and O–H groups in total. The second-order valence-corrected chi connectivity index (χ2v) is 6.03. The first kappa shape index (κ1) is 18.5. The van der Waals surface area contributed by atoms with Crippen molar-refractivity contribution in [3.63, 3.8) is 0 Å². The van der Waals surface area contributed by atoms with Crippen molar-refractivity contribution in [3.8, 4) is 5.75 Å². The van der Waals surface area contributed by atoms with E-state index in [2.05, 4.69) is 0 Å². The number of benzene rings is 2. The van der Waals surface area contributed by atoms with Crippen LogP contribution in [0.1, 0.15) is 15.9 Å². The van der Waals surface area contributed by atoms with Gasteiger partial charge >= 0.3 is 0 Å². The average Bonchev–Trinajstić information content (AvgIpc) is 2.69. The average molecular weight is 360 g/mol. The number of ether oxygens (including phenoxy) is 2. The predicted molar refractivity (Wildman–Crippen MR) is 90.7 cm³/mol. The van der Waals surface area contributed by atoms with Crippen molar-refractivity contribution in [1.29, 1.82) is 0 Å². The van der Waals surface area contributed by atoms with E-state index in [-0.39, 0.29) is 5.78 Å². The van der Waals surface area contributed by atoms with Crippen LogP contribution in [-0.4, -0.2) is 63.5 Å². The standard InChI is InChI=1S/C19H20O7/c20-10-14-16(22)17(23)18(24)19(26-14)25-13-8-6-12(7-9-13)15(21)11-4-2-1-3-5-11/h1-9,14,16-20,22-24H,10H2/t14-,16-,17+,18-,19-/m1/s1. The molecule has 1 aliphatic rings. The van der Waals surface area contributed by atoms with Crippen LogP contribution in [0.4, 0.5) is 0 Å². The summed E-state index contributed by atoms with van der Waals surface area (Å²) in [6.07, 6.45) is -6.75. The molecule has 2 aromatic rings. The number of rotatable bonds is 5. The number of ketones is 1. The van der Waals surface area contributed by atoms with Gasteiger partial charge in [0.1, 0.15) is 30.2 Å². The lowest BCUT2D eigenvalue weighted by molar-refractivity contribution is -0.277. The molecule has 0 unspecified atom stereocenters. The van der Waals surface area contributed by atoms with Crippen LogP contribution >= 0.6 is 0 Å². The fourth-order valence-corrected chi connectivity index (χ4v) is 2.74. The van der Waals surface area contributed by atoms with Crippen molar-refractivity contribution >= 4 is 5.78 Å². The third-order valence-corrected chi connectivity index (χ3v) is 4.25. The molecule has 1 saturated heterocycles. The van der Waals surface area contributed by atoms with Crippen molar-refractivity contribution in [3.05, 3.63) is 65.7 Å². The molecular formula is C19H20O7. The number of aliphatic hydroxyl groups is 4. The van der Waals surface area contributed by atoms with Gasteiger partial charge < -0.3 is 29.9 Å². The SMILES string of the molecule is O=C(c1ccccc1)c1ccc(O[C@@H]2O[C@H](CO)[C@@H](O)[C@H](O)[C@H]2O)cc1. The Kier molecular flexibility index (Phi) is 5.65. The van der Waals surface area contributed by atoms with Gasteiger partial charge in [-0.05, 0) is 24.3 Å². The van der Waals surface area contributed by atoms with Crippen LogP contribution < -0.4 is 4.74 Å². The number of aliphatic hydroxyl groups excluding tert-OH is 4. The van der Waals surface area contributed by atoms with Crippen LogP contribution in [0.5, 0.6) is 5.75 Å². The zero-order valence-corrected chi connectivity index (χ0v) is 13.8. The maximum Gasteiger partial charge on any atom is 0.229 e. The molecule has 138 valence electrons. The Morgan fingerprint density at radius 1 is 0.885 bits per heavy atom. The molecule has 0 spiro atoms. The van der Waals surface area contributed by atoms with Crippen LogP contribution in [0.15, 0.2) is 54.6 Å². The molecule has 3 rings (SSSR count). The number of hydrogen-bond donors (Lipinski definition) is 4. The lowest BCUT2D eigenvalue weighted by Gasteiger charge is -2.39. The van der Waals surface area contributed by atoms with Crippen molar-refractivity contribution in [2.45, 2.75) is 30.7 Å². The summed E-state index contributed by atoms with van der Waals surface area (Å²) in [5, 5.41) is 38.7. The third kappa shape index (κ3) is 3.77. The molecule has 2 aromatic carbocycles. The topological polar surface area (TPSA) is 116 Å². The van der Waals surface area contributed by atoms with E-state index in [4.69, 9.17) is 9.47 Å². The second-order valence-electron chi connectivity index (χ2n) is 6.03. The summed E-state index contributed by atoms with van der Waals surface area (Å²) in [6.45, 7) is -0.532. The smallest absolute Gasteiger partial charge is 0.229 e. The molecule has 0 aliphatic carbocycles. The molecule has 7 heteroatoms. The molecule has 5 atom stereocenters. The summed E-state index contributed by atoms with van der Waals surface area (Å²) in [5.74, 6) is 0.170. The van der Waals surface area contributed by atoms with E-state index in [9.17, 15) is 25.2 Å². The van der Waals surface area contributed by atoms with Crippen LogP contribution in [0.3, 0.4) is 0 Å². The minimum atomic E-state index is -1.51. The summed E-state index contributed by atoms with van der Waals surface area (Å²) in [5.41, 5.74) is 1.03. The van der Waals surface area contributed by atoms with Crippen molar-refractivity contribution in [2.24, 2.45) is 0 Å². The second kappa shape index (κ2) is 7.94. The fourth-order valence-electron chi connectivity index (χ4n) is 2.74. The molecular weight excluding hydrogens is 340 g/mol. The van der Waals surface area contributed by atoms with E-state index >= 15 is 0 Å². The quantitative estimate of drug-likeness (QED) is 0.559. The largest absolute Gasteiger partial charge is 0.462 e. The van der Waals surface area contributed by atoms with E-state index in [0.29, 0.717) is 16.9 Å². The van der Waals surface area contributed by atoms with Crippen LogP contribution in [-0.2, 0) is 4.74 Å². The van der Waals surface area contributed by atoms with Crippen LogP contribution in [0, 0.1) is 0 Å². The molecule has 0 bridgehead atoms. The minimum absolute atomic E-state index is 0.134. The van der Waals surface area contributed by atoms with E-state index < -0.39 is 37.3 Å². The normalized spacial score (nSPS) is 28.5. The van der Waals surface area contributed by atoms with Gasteiger partial charge in [-0.1, -0.05) is 30.3 Å². The zero-order chi connectivity index (χ0) is 18.7. The van der Waals surface area contributed by atoms with E-state index in [1.807, 2.05) is 6.07 Å². The monoisotopic (exact) mass is 360 g/mol. The summed E-state index contributed by atoms with van der Waals surface area (Å²) in [7, 11) is 0. The zero-order valence-electron chi connectivity index (χ0n) is 13.8. The first-order valence-electron chi connectivity index (χ1n) is 8.18. The number of carbonyl (C=O) groups is 1. The van der Waals surface area contributed by atoms with Gasteiger partial charge in [-0.15, -0.1) is 0 Å². The highest BCUT2D eigenvalue weighted by Crippen LogP contribution is 2.24. The van der Waals surface area contributed by atoms with Gasteiger partial charge in [0.15, 0.2) is 5.78 Å². The molecule has 1 heterocycles. The lowest BCUT2D eigenvalue weighted by Crippen LogP contribution is -2.60. The highest BCUT2D eigenvalue weighted by molar-refractivity contribution is 6.08. The lowest BCUT2D eigenvalue weighted by atomic mass is 9.99. The maximum absolute atomic E-state index is 12.4. The predicted octanol–water partition coefficient (Wildman–Crippen LogP) is 0.0963. The fraction of sp³-hybridized carbons (Fsp3) is 0.316. The van der Waals surface area contributed by atoms with Crippen molar-refractivity contribution in [1.82, 2.24) is 0 Å². The van der Waals surface area contributed by atoms with Crippen LogP contribution in [0.2, 0.25) is 0 Å². The van der Waals surface area contributed by atoms with Gasteiger partial charge in [0.25, 0.3) is 0 Å².